The summed E-state index contributed by atoms with van der Waals surface area (Å²) in [6, 6.07) is 11.1. The van der Waals surface area contributed by atoms with Crippen molar-refractivity contribution in [1.29, 1.82) is 0 Å². The van der Waals surface area contributed by atoms with Crippen LogP contribution in [-0.4, -0.2) is 13.4 Å². The SMILES string of the molecule is O=c1sn(-c2ccccc2[N+](=O)[O-])c(=O)n1Cc1ccc(F)cc1. The van der Waals surface area contributed by atoms with Crippen molar-refractivity contribution < 1.29 is 9.31 Å². The Labute approximate surface area is 138 Å². The van der Waals surface area contributed by atoms with Gasteiger partial charge < -0.3 is 0 Å². The number of benzene rings is 2. The lowest BCUT2D eigenvalue weighted by Gasteiger charge is -2.02. The van der Waals surface area contributed by atoms with Crippen molar-refractivity contribution in [3.63, 3.8) is 0 Å². The van der Waals surface area contributed by atoms with Gasteiger partial charge in [0.05, 0.1) is 11.5 Å². The van der Waals surface area contributed by atoms with Gasteiger partial charge in [-0.2, -0.15) is 0 Å². The van der Waals surface area contributed by atoms with Crippen molar-refractivity contribution in [2.24, 2.45) is 0 Å². The number of aromatic nitrogens is 2. The zero-order valence-electron chi connectivity index (χ0n) is 12.1. The molecule has 0 aliphatic carbocycles. The molecule has 2 aromatic carbocycles. The zero-order chi connectivity index (χ0) is 17.3. The number of nitrogens with zero attached hydrogens (tertiary/aromatic N) is 3. The van der Waals surface area contributed by atoms with E-state index in [0.717, 1.165) is 8.52 Å². The van der Waals surface area contributed by atoms with Gasteiger partial charge in [-0.15, -0.1) is 0 Å². The average molecular weight is 347 g/mol. The Morgan fingerprint density at radius 3 is 2.42 bits per heavy atom. The van der Waals surface area contributed by atoms with Gasteiger partial charge in [0.15, 0.2) is 0 Å². The molecular weight excluding hydrogens is 337 g/mol. The second-order valence-corrected chi connectivity index (χ2v) is 5.79. The van der Waals surface area contributed by atoms with Crippen LogP contribution in [0.25, 0.3) is 5.69 Å². The van der Waals surface area contributed by atoms with E-state index in [1.807, 2.05) is 0 Å². The molecule has 0 unspecified atom stereocenters. The standard InChI is InChI=1S/C15H10FN3O4S/c16-11-7-5-10(6-8-11)9-17-14(20)18(24-15(17)21)12-3-1-2-4-13(12)19(22)23/h1-8H,9H2. The van der Waals surface area contributed by atoms with Gasteiger partial charge >= 0.3 is 10.6 Å². The van der Waals surface area contributed by atoms with Crippen LogP contribution in [0.3, 0.4) is 0 Å². The highest BCUT2D eigenvalue weighted by molar-refractivity contribution is 7.03. The van der Waals surface area contributed by atoms with Gasteiger partial charge in [-0.25, -0.2) is 17.7 Å². The summed E-state index contributed by atoms with van der Waals surface area (Å²) >= 11 is 0.581. The first-order valence-electron chi connectivity index (χ1n) is 6.79. The number of nitro benzene ring substituents is 1. The van der Waals surface area contributed by atoms with Crippen LogP contribution in [0, 0.1) is 15.9 Å². The highest BCUT2D eigenvalue weighted by atomic mass is 32.1. The van der Waals surface area contributed by atoms with E-state index in [2.05, 4.69) is 0 Å². The molecule has 3 rings (SSSR count). The Kier molecular flexibility index (Phi) is 4.09. The van der Waals surface area contributed by atoms with Crippen LogP contribution >= 0.6 is 11.5 Å². The second kappa shape index (κ2) is 6.20. The van der Waals surface area contributed by atoms with Crippen LogP contribution in [-0.2, 0) is 6.54 Å². The largest absolute Gasteiger partial charge is 0.346 e. The highest BCUT2D eigenvalue weighted by Gasteiger charge is 2.19. The van der Waals surface area contributed by atoms with E-state index in [9.17, 15) is 24.1 Å². The van der Waals surface area contributed by atoms with Crippen LogP contribution in [0.2, 0.25) is 0 Å². The number of hydrogen-bond acceptors (Lipinski definition) is 5. The van der Waals surface area contributed by atoms with Crippen LogP contribution in [0.1, 0.15) is 5.56 Å². The van der Waals surface area contributed by atoms with Gasteiger partial charge in [0, 0.05) is 17.6 Å². The number of nitro groups is 1. The molecule has 0 saturated heterocycles. The Hall–Kier alpha value is -3.07. The smallest absolute Gasteiger partial charge is 0.258 e. The van der Waals surface area contributed by atoms with Crippen molar-refractivity contribution in [2.45, 2.75) is 6.54 Å². The van der Waals surface area contributed by atoms with Crippen LogP contribution in [0.15, 0.2) is 58.1 Å². The van der Waals surface area contributed by atoms with E-state index in [1.54, 1.807) is 6.07 Å². The summed E-state index contributed by atoms with van der Waals surface area (Å²) < 4.78 is 14.9. The molecular formula is C15H10FN3O4S. The van der Waals surface area contributed by atoms with Gasteiger partial charge in [-0.3, -0.25) is 14.9 Å². The summed E-state index contributed by atoms with van der Waals surface area (Å²) in [7, 11) is 0. The van der Waals surface area contributed by atoms with Gasteiger partial charge in [0.2, 0.25) is 0 Å². The fourth-order valence-corrected chi connectivity index (χ4v) is 3.03. The van der Waals surface area contributed by atoms with Gasteiger partial charge in [-0.1, -0.05) is 24.3 Å². The normalized spacial score (nSPS) is 10.7. The second-order valence-electron chi connectivity index (χ2n) is 4.89. The molecule has 0 bridgehead atoms. The molecule has 0 atom stereocenters. The molecule has 9 heteroatoms. The third kappa shape index (κ3) is 2.88. The van der Waals surface area contributed by atoms with Gasteiger partial charge in [-0.05, 0) is 23.8 Å². The molecule has 0 N–H and O–H groups in total. The minimum absolute atomic E-state index is 0.0347. The molecule has 0 radical (unpaired) electrons. The van der Waals surface area contributed by atoms with E-state index < -0.39 is 21.3 Å². The minimum Gasteiger partial charge on any atom is -0.258 e. The number of para-hydroxylation sites is 2. The van der Waals surface area contributed by atoms with E-state index in [-0.39, 0.29) is 17.9 Å². The highest BCUT2D eigenvalue weighted by Crippen LogP contribution is 2.21. The van der Waals surface area contributed by atoms with E-state index in [4.69, 9.17) is 0 Å². The monoisotopic (exact) mass is 347 g/mol. The maximum absolute atomic E-state index is 12.9. The average Bonchev–Trinajstić information content (AvgIpc) is 2.85. The first kappa shape index (κ1) is 15.8. The molecule has 122 valence electrons. The first-order valence-corrected chi connectivity index (χ1v) is 7.56. The molecule has 1 heterocycles. The molecule has 7 nitrogen and oxygen atoms in total. The molecule has 0 amide bonds. The van der Waals surface area contributed by atoms with E-state index in [1.165, 1.54) is 42.5 Å². The molecule has 0 aliphatic rings. The summed E-state index contributed by atoms with van der Waals surface area (Å²) in [5.41, 5.74) is -0.339. The van der Waals surface area contributed by atoms with Crippen LogP contribution in [0.5, 0.6) is 0 Å². The molecule has 0 fully saturated rings. The van der Waals surface area contributed by atoms with Crippen molar-refractivity contribution in [2.75, 3.05) is 0 Å². The predicted octanol–water partition coefficient (Wildman–Crippen LogP) is 2.16. The van der Waals surface area contributed by atoms with Crippen LogP contribution < -0.4 is 10.6 Å². The fourth-order valence-electron chi connectivity index (χ4n) is 2.20. The molecule has 24 heavy (non-hydrogen) atoms. The quantitative estimate of drug-likeness (QED) is 0.534. The Morgan fingerprint density at radius 2 is 1.75 bits per heavy atom. The molecule has 3 aromatic rings. The lowest BCUT2D eigenvalue weighted by atomic mass is 10.2. The summed E-state index contributed by atoms with van der Waals surface area (Å²) in [6.07, 6.45) is 0. The summed E-state index contributed by atoms with van der Waals surface area (Å²) in [5.74, 6) is -0.422. The zero-order valence-corrected chi connectivity index (χ0v) is 12.9. The summed E-state index contributed by atoms with van der Waals surface area (Å²) in [6.45, 7) is -0.0396. The topological polar surface area (TPSA) is 87.1 Å². The number of rotatable bonds is 4. The first-order chi connectivity index (χ1) is 11.5. The fraction of sp³-hybridized carbons (Fsp3) is 0.0667. The lowest BCUT2D eigenvalue weighted by Crippen LogP contribution is -2.29. The Bertz CT molecular complexity index is 1020. The molecule has 1 aromatic heterocycles. The summed E-state index contributed by atoms with van der Waals surface area (Å²) in [5, 5.41) is 11.1. The number of hydrogen-bond donors (Lipinski definition) is 0. The van der Waals surface area contributed by atoms with Crippen LogP contribution in [0.4, 0.5) is 10.1 Å². The molecule has 0 saturated carbocycles. The third-order valence-electron chi connectivity index (χ3n) is 3.35. The lowest BCUT2D eigenvalue weighted by molar-refractivity contribution is -0.384. The Balaban J connectivity index is 2.08. The maximum Gasteiger partial charge on any atom is 0.346 e. The van der Waals surface area contributed by atoms with Crippen molar-refractivity contribution in [3.05, 3.63) is 90.2 Å². The molecule has 0 spiro atoms. The molecule has 0 aliphatic heterocycles. The van der Waals surface area contributed by atoms with Gasteiger partial charge in [0.1, 0.15) is 11.5 Å². The minimum atomic E-state index is -0.677. The third-order valence-corrected chi connectivity index (χ3v) is 4.26. The van der Waals surface area contributed by atoms with Crippen molar-refractivity contribution >= 4 is 17.2 Å². The van der Waals surface area contributed by atoms with Crippen molar-refractivity contribution in [3.8, 4) is 5.69 Å². The Morgan fingerprint density at radius 1 is 1.08 bits per heavy atom. The maximum atomic E-state index is 12.9. The van der Waals surface area contributed by atoms with Crippen molar-refractivity contribution in [1.82, 2.24) is 8.52 Å². The predicted molar refractivity (Wildman–Crippen MR) is 86.3 cm³/mol. The van der Waals surface area contributed by atoms with E-state index in [0.29, 0.717) is 17.1 Å². The van der Waals surface area contributed by atoms with E-state index >= 15 is 0 Å². The van der Waals surface area contributed by atoms with Gasteiger partial charge in [0.25, 0.3) is 5.69 Å². The number of halogens is 1. The summed E-state index contributed by atoms with van der Waals surface area (Å²) in [4.78, 5) is 34.5.